The van der Waals surface area contributed by atoms with Crippen LogP contribution in [0.2, 0.25) is 0 Å². The number of carboxylic acids is 1. The van der Waals surface area contributed by atoms with Gasteiger partial charge in [-0.15, -0.1) is 0 Å². The predicted octanol–water partition coefficient (Wildman–Crippen LogP) is 1.21. The summed E-state index contributed by atoms with van der Waals surface area (Å²) in [4.78, 5) is 22.8. The number of benzene rings is 1. The Morgan fingerprint density at radius 1 is 1.36 bits per heavy atom. The normalized spacial score (nSPS) is 11.9. The van der Waals surface area contributed by atoms with Crippen molar-refractivity contribution in [3.05, 3.63) is 41.6 Å². The van der Waals surface area contributed by atoms with E-state index in [-0.39, 0.29) is 12.2 Å². The first-order valence-corrected chi connectivity index (χ1v) is 6.67. The summed E-state index contributed by atoms with van der Waals surface area (Å²) in [5.41, 5.74) is 2.93. The van der Waals surface area contributed by atoms with Crippen molar-refractivity contribution in [2.45, 2.75) is 13.0 Å². The molecule has 0 aliphatic rings. The molecule has 0 aliphatic heterocycles. The molecule has 1 aromatic carbocycles. The van der Waals surface area contributed by atoms with Gasteiger partial charge in [-0.05, 0) is 13.0 Å². The Balaban J connectivity index is 2.03. The van der Waals surface area contributed by atoms with Gasteiger partial charge in [0, 0.05) is 12.7 Å². The molecule has 0 saturated carbocycles. The number of methoxy groups -OCH3 is 1. The Morgan fingerprint density at radius 3 is 2.64 bits per heavy atom. The smallest absolute Gasteiger partial charge is 0.334 e. The number of aliphatic carboxylic acids is 1. The quantitative estimate of drug-likeness (QED) is 0.744. The average Bonchev–Trinajstić information content (AvgIpc) is 2.98. The third kappa shape index (κ3) is 3.70. The zero-order valence-electron chi connectivity index (χ0n) is 12.3. The third-order valence-electron chi connectivity index (χ3n) is 3.18. The van der Waals surface area contributed by atoms with E-state index in [1.807, 2.05) is 31.2 Å². The highest BCUT2D eigenvalue weighted by molar-refractivity contribution is 5.93. The Hall–Kier alpha value is -2.67. The summed E-state index contributed by atoms with van der Waals surface area (Å²) in [7, 11) is 1.27. The molecule has 0 aliphatic carbocycles. The number of hydrogen-bond donors (Lipinski definition) is 3. The first-order chi connectivity index (χ1) is 10.5. The summed E-state index contributed by atoms with van der Waals surface area (Å²) in [6.45, 7) is 1.87. The largest absolute Gasteiger partial charge is 0.479 e. The van der Waals surface area contributed by atoms with Gasteiger partial charge in [-0.2, -0.15) is 5.10 Å². The highest BCUT2D eigenvalue weighted by Crippen LogP contribution is 2.18. The van der Waals surface area contributed by atoms with E-state index >= 15 is 0 Å². The van der Waals surface area contributed by atoms with Crippen molar-refractivity contribution in [3.8, 4) is 11.3 Å². The predicted molar refractivity (Wildman–Crippen MR) is 79.5 cm³/mol. The molecule has 7 heteroatoms. The van der Waals surface area contributed by atoms with Crippen LogP contribution in [0.15, 0.2) is 30.3 Å². The molecule has 116 valence electrons. The monoisotopic (exact) mass is 303 g/mol. The molecule has 0 saturated heterocycles. The van der Waals surface area contributed by atoms with Crippen molar-refractivity contribution in [3.63, 3.8) is 0 Å². The van der Waals surface area contributed by atoms with Gasteiger partial charge < -0.3 is 15.2 Å². The van der Waals surface area contributed by atoms with Crippen LogP contribution < -0.4 is 5.32 Å². The van der Waals surface area contributed by atoms with Crippen LogP contribution in [0.5, 0.6) is 0 Å². The molecule has 1 amide bonds. The molecule has 1 atom stereocenters. The van der Waals surface area contributed by atoms with Crippen molar-refractivity contribution < 1.29 is 19.4 Å². The summed E-state index contributed by atoms with van der Waals surface area (Å²) in [6, 6.07) is 9.36. The number of aryl methyl sites for hydroxylation is 1. The lowest BCUT2D eigenvalue weighted by Crippen LogP contribution is -2.37. The zero-order valence-corrected chi connectivity index (χ0v) is 12.3. The lowest BCUT2D eigenvalue weighted by Gasteiger charge is -2.10. The fourth-order valence-corrected chi connectivity index (χ4v) is 1.86. The van der Waals surface area contributed by atoms with Crippen LogP contribution in [0.3, 0.4) is 0 Å². The van der Waals surface area contributed by atoms with Crippen molar-refractivity contribution >= 4 is 11.9 Å². The number of aromatic amines is 1. The Labute approximate surface area is 127 Å². The number of carboxylic acid groups (broad SMARTS) is 1. The number of nitrogens with one attached hydrogen (secondary N) is 2. The highest BCUT2D eigenvalue weighted by atomic mass is 16.5. The maximum atomic E-state index is 12.0. The molecule has 7 nitrogen and oxygen atoms in total. The number of H-pyrrole nitrogens is 1. The molecule has 0 fully saturated rings. The maximum Gasteiger partial charge on any atom is 0.334 e. The number of nitrogens with zero attached hydrogens (tertiary/aromatic N) is 1. The van der Waals surface area contributed by atoms with Crippen molar-refractivity contribution in [2.24, 2.45) is 0 Å². The number of carbonyl (C=O) groups is 2. The summed E-state index contributed by atoms with van der Waals surface area (Å²) in [6.07, 6.45) is -1.08. The lowest BCUT2D eigenvalue weighted by molar-refractivity contribution is -0.148. The first-order valence-electron chi connectivity index (χ1n) is 6.67. The van der Waals surface area contributed by atoms with Crippen LogP contribution in [0.25, 0.3) is 11.3 Å². The second-order valence-corrected chi connectivity index (χ2v) is 4.81. The lowest BCUT2D eigenvalue weighted by atomic mass is 10.1. The Bertz CT molecular complexity index is 664. The second kappa shape index (κ2) is 6.86. The maximum absolute atomic E-state index is 12.0. The second-order valence-electron chi connectivity index (χ2n) is 4.81. The highest BCUT2D eigenvalue weighted by Gasteiger charge is 2.18. The van der Waals surface area contributed by atoms with Gasteiger partial charge in [-0.1, -0.05) is 29.8 Å². The molecule has 2 aromatic rings. The van der Waals surface area contributed by atoms with E-state index in [1.165, 1.54) is 7.11 Å². The summed E-state index contributed by atoms with van der Waals surface area (Å²) in [5, 5.41) is 18.1. The molecule has 2 rings (SSSR count). The minimum absolute atomic E-state index is 0.121. The number of carbonyl (C=O) groups excluding carboxylic acids is 1. The SMILES string of the molecule is COC(CNC(=O)c1cc(-c2ccc(C)cc2)n[nH]1)C(=O)O. The van der Waals surface area contributed by atoms with E-state index in [1.54, 1.807) is 6.07 Å². The molecule has 0 spiro atoms. The fraction of sp³-hybridized carbons (Fsp3) is 0.267. The zero-order chi connectivity index (χ0) is 16.1. The third-order valence-corrected chi connectivity index (χ3v) is 3.18. The molecule has 1 unspecified atom stereocenters. The van der Waals surface area contributed by atoms with Crippen LogP contribution in [0.4, 0.5) is 0 Å². The topological polar surface area (TPSA) is 104 Å². The number of amides is 1. The van der Waals surface area contributed by atoms with E-state index in [0.29, 0.717) is 5.69 Å². The van der Waals surface area contributed by atoms with Gasteiger partial charge in [0.05, 0.1) is 12.2 Å². The number of aromatic nitrogens is 2. The van der Waals surface area contributed by atoms with Crippen molar-refractivity contribution in [1.29, 1.82) is 0 Å². The van der Waals surface area contributed by atoms with Crippen molar-refractivity contribution in [2.75, 3.05) is 13.7 Å². The van der Waals surface area contributed by atoms with Crippen LogP contribution in [-0.2, 0) is 9.53 Å². The minimum atomic E-state index is -1.13. The van der Waals surface area contributed by atoms with Gasteiger partial charge >= 0.3 is 5.97 Å². The van der Waals surface area contributed by atoms with Crippen molar-refractivity contribution in [1.82, 2.24) is 15.5 Å². The first kappa shape index (κ1) is 15.7. The van der Waals surface area contributed by atoms with Crippen LogP contribution in [-0.4, -0.2) is 46.9 Å². The van der Waals surface area contributed by atoms with Gasteiger partial charge in [0.2, 0.25) is 0 Å². The van der Waals surface area contributed by atoms with E-state index in [2.05, 4.69) is 15.5 Å². The number of hydrogen-bond acceptors (Lipinski definition) is 4. The standard InChI is InChI=1S/C15H17N3O4/c1-9-3-5-10(6-4-9)11-7-12(18-17-11)14(19)16-8-13(22-2)15(20)21/h3-7,13H,8H2,1-2H3,(H,16,19)(H,17,18)(H,20,21). The average molecular weight is 303 g/mol. The molecular formula is C15H17N3O4. The number of rotatable bonds is 6. The molecule has 22 heavy (non-hydrogen) atoms. The minimum Gasteiger partial charge on any atom is -0.479 e. The van der Waals surface area contributed by atoms with Gasteiger partial charge in [-0.25, -0.2) is 4.79 Å². The number of ether oxygens (including phenoxy) is 1. The summed E-state index contributed by atoms with van der Waals surface area (Å²) in [5.74, 6) is -1.57. The molecule has 1 heterocycles. The van der Waals surface area contributed by atoms with Crippen LogP contribution >= 0.6 is 0 Å². The van der Waals surface area contributed by atoms with E-state index < -0.39 is 18.0 Å². The van der Waals surface area contributed by atoms with Gasteiger partial charge in [-0.3, -0.25) is 9.89 Å². The van der Waals surface area contributed by atoms with E-state index in [0.717, 1.165) is 11.1 Å². The molecule has 1 aromatic heterocycles. The van der Waals surface area contributed by atoms with Crippen LogP contribution in [0, 0.1) is 6.92 Å². The summed E-state index contributed by atoms with van der Waals surface area (Å²) < 4.78 is 4.74. The van der Waals surface area contributed by atoms with Gasteiger partial charge in [0.1, 0.15) is 5.69 Å². The van der Waals surface area contributed by atoms with Crippen LogP contribution in [0.1, 0.15) is 16.1 Å². The van der Waals surface area contributed by atoms with E-state index in [4.69, 9.17) is 9.84 Å². The van der Waals surface area contributed by atoms with Gasteiger partial charge in [0.15, 0.2) is 6.10 Å². The fourth-order valence-electron chi connectivity index (χ4n) is 1.86. The molecule has 0 bridgehead atoms. The molecule has 0 radical (unpaired) electrons. The Morgan fingerprint density at radius 2 is 2.05 bits per heavy atom. The molecule has 3 N–H and O–H groups in total. The summed E-state index contributed by atoms with van der Waals surface area (Å²) >= 11 is 0. The molecular weight excluding hydrogens is 286 g/mol. The van der Waals surface area contributed by atoms with Gasteiger partial charge in [0.25, 0.3) is 5.91 Å². The Kier molecular flexibility index (Phi) is 4.90. The van der Waals surface area contributed by atoms with E-state index in [9.17, 15) is 9.59 Å².